The van der Waals surface area contributed by atoms with Gasteiger partial charge in [0.05, 0.1) is 20.7 Å². The van der Waals surface area contributed by atoms with E-state index in [1.807, 2.05) is 71.3 Å². The largest absolute Gasteiger partial charge is 0.487 e. The number of fused-ring (bicyclic) bond motifs is 3. The van der Waals surface area contributed by atoms with Gasteiger partial charge in [0.2, 0.25) is 0 Å². The minimum atomic E-state index is -0.194. The Bertz CT molecular complexity index is 2000. The third-order valence-electron chi connectivity index (χ3n) is 7.54. The molecule has 0 fully saturated rings. The van der Waals surface area contributed by atoms with Gasteiger partial charge in [-0.25, -0.2) is 4.99 Å². The fourth-order valence-electron chi connectivity index (χ4n) is 5.67. The normalized spacial score (nSPS) is 16.0. The first-order chi connectivity index (χ1) is 20.1. The molecule has 41 heavy (non-hydrogen) atoms. The second-order valence-corrected chi connectivity index (χ2v) is 12.9. The van der Waals surface area contributed by atoms with Crippen LogP contribution in [0.25, 0.3) is 11.8 Å². The highest BCUT2D eigenvalue weighted by Gasteiger charge is 2.32. The molecule has 1 aliphatic carbocycles. The van der Waals surface area contributed by atoms with E-state index in [2.05, 4.69) is 68.3 Å². The zero-order chi connectivity index (χ0) is 27.9. The first kappa shape index (κ1) is 26.4. The minimum Gasteiger partial charge on any atom is -0.487 e. The zero-order valence-corrected chi connectivity index (χ0v) is 25.9. The maximum absolute atomic E-state index is 14.2. The van der Waals surface area contributed by atoms with Gasteiger partial charge in [0.25, 0.3) is 5.56 Å². The summed E-state index contributed by atoms with van der Waals surface area (Å²) in [5, 5.41) is 0. The lowest BCUT2D eigenvalue weighted by atomic mass is 9.83. The third kappa shape index (κ3) is 4.96. The summed E-state index contributed by atoms with van der Waals surface area (Å²) in [6.07, 6.45) is 3.74. The summed E-state index contributed by atoms with van der Waals surface area (Å²) in [6.45, 7) is 0.420. The molecule has 0 spiro atoms. The molecule has 1 atom stereocenters. The first-order valence-corrected chi connectivity index (χ1v) is 15.8. The molecular weight excluding hydrogens is 660 g/mol. The molecule has 1 aromatic heterocycles. The molecule has 1 aliphatic heterocycles. The molecule has 4 nitrogen and oxygen atoms in total. The lowest BCUT2D eigenvalue weighted by Crippen LogP contribution is -2.38. The summed E-state index contributed by atoms with van der Waals surface area (Å²) >= 11 is 8.72. The van der Waals surface area contributed by atoms with E-state index >= 15 is 0 Å². The molecule has 5 aromatic rings. The van der Waals surface area contributed by atoms with Crippen molar-refractivity contribution >= 4 is 55.0 Å². The van der Waals surface area contributed by atoms with Crippen molar-refractivity contribution < 1.29 is 4.74 Å². The summed E-state index contributed by atoms with van der Waals surface area (Å²) in [7, 11) is 0. The van der Waals surface area contributed by atoms with Gasteiger partial charge in [0, 0.05) is 15.6 Å². The maximum Gasteiger partial charge on any atom is 0.271 e. The molecule has 0 unspecified atom stereocenters. The lowest BCUT2D eigenvalue weighted by Gasteiger charge is -2.30. The van der Waals surface area contributed by atoms with Crippen molar-refractivity contribution in [1.29, 1.82) is 0 Å². The van der Waals surface area contributed by atoms with E-state index in [1.54, 1.807) is 0 Å². The van der Waals surface area contributed by atoms with Gasteiger partial charge in [-0.3, -0.25) is 9.36 Å². The number of halogens is 2. The van der Waals surface area contributed by atoms with Crippen molar-refractivity contribution in [2.24, 2.45) is 4.99 Å². The number of aromatic nitrogens is 1. The number of aryl methyl sites for hydroxylation is 1. The molecule has 0 saturated heterocycles. The van der Waals surface area contributed by atoms with E-state index in [-0.39, 0.29) is 11.6 Å². The molecule has 0 saturated carbocycles. The number of allylic oxidation sites excluding steroid dienone is 1. The van der Waals surface area contributed by atoms with Crippen molar-refractivity contribution in [1.82, 2.24) is 4.57 Å². The summed E-state index contributed by atoms with van der Waals surface area (Å²) in [5.41, 5.74) is 7.62. The fraction of sp³-hybridized carbons (Fsp3) is 0.118. The van der Waals surface area contributed by atoms with E-state index in [9.17, 15) is 4.79 Å². The predicted octanol–water partition coefficient (Wildman–Crippen LogP) is 7.42. The first-order valence-electron chi connectivity index (χ1n) is 13.4. The SMILES string of the molecule is O=c1/c(=C\c2cc(Br)cc(Br)c2OCc2ccccc2)sc2n1[C@@H](c1ccccc1)C1=C(N=2)c2ccccc2CC1. The second kappa shape index (κ2) is 11.0. The van der Waals surface area contributed by atoms with Crippen molar-refractivity contribution in [3.63, 3.8) is 0 Å². The average Bonchev–Trinajstić information content (AvgIpc) is 3.30. The predicted molar refractivity (Wildman–Crippen MR) is 172 cm³/mol. The van der Waals surface area contributed by atoms with E-state index < -0.39 is 0 Å². The van der Waals surface area contributed by atoms with Gasteiger partial charge in [-0.05, 0) is 69.2 Å². The Morgan fingerprint density at radius 1 is 0.927 bits per heavy atom. The Balaban J connectivity index is 1.40. The van der Waals surface area contributed by atoms with Crippen molar-refractivity contribution in [3.05, 3.63) is 159 Å². The topological polar surface area (TPSA) is 43.6 Å². The Kier molecular flexibility index (Phi) is 7.11. The van der Waals surface area contributed by atoms with E-state index in [0.717, 1.165) is 44.2 Å². The number of benzene rings is 4. The molecule has 2 aliphatic rings. The minimum absolute atomic E-state index is 0.0434. The standard InChI is InChI=1S/C34H24Br2N2O2S/c35-25-17-24(32(28(36)19-25)40-20-21-9-3-1-4-10-21)18-29-33(39)38-31(23-12-5-2-6-13-23)27-16-15-22-11-7-8-14-26(22)30(27)37-34(38)41-29/h1-14,17-19,31H,15-16,20H2/b29-18+/t31-/m0/s1. The number of nitrogens with zero attached hydrogens (tertiary/aromatic N) is 2. The van der Waals surface area contributed by atoms with Crippen LogP contribution < -0.4 is 19.6 Å². The smallest absolute Gasteiger partial charge is 0.271 e. The maximum atomic E-state index is 14.2. The molecule has 0 amide bonds. The lowest BCUT2D eigenvalue weighted by molar-refractivity contribution is 0.303. The van der Waals surface area contributed by atoms with Crippen LogP contribution in [0.2, 0.25) is 0 Å². The van der Waals surface area contributed by atoms with Gasteiger partial charge >= 0.3 is 0 Å². The van der Waals surface area contributed by atoms with Crippen LogP contribution in [-0.4, -0.2) is 4.57 Å². The van der Waals surface area contributed by atoms with Crippen molar-refractivity contribution in [2.45, 2.75) is 25.5 Å². The van der Waals surface area contributed by atoms with Crippen LogP contribution >= 0.6 is 43.2 Å². The highest BCUT2D eigenvalue weighted by Crippen LogP contribution is 2.41. The Hall–Kier alpha value is -3.52. The highest BCUT2D eigenvalue weighted by atomic mass is 79.9. The molecule has 7 heteroatoms. The summed E-state index contributed by atoms with van der Waals surface area (Å²) in [5.74, 6) is 0.690. The third-order valence-corrected chi connectivity index (χ3v) is 9.57. The van der Waals surface area contributed by atoms with Crippen LogP contribution in [0.15, 0.2) is 121 Å². The van der Waals surface area contributed by atoms with Gasteiger partial charge < -0.3 is 4.74 Å². The van der Waals surface area contributed by atoms with Gasteiger partial charge in [0.15, 0.2) is 4.80 Å². The summed E-state index contributed by atoms with van der Waals surface area (Å²) in [6, 6.07) is 32.6. The van der Waals surface area contributed by atoms with Gasteiger partial charge in [0.1, 0.15) is 12.4 Å². The van der Waals surface area contributed by atoms with Crippen LogP contribution in [0.1, 0.15) is 40.3 Å². The van der Waals surface area contributed by atoms with E-state index in [0.29, 0.717) is 21.7 Å². The molecule has 7 rings (SSSR count). The summed E-state index contributed by atoms with van der Waals surface area (Å²) < 4.78 is 10.5. The molecule has 0 N–H and O–H groups in total. The number of thiazole rings is 1. The zero-order valence-electron chi connectivity index (χ0n) is 21.9. The van der Waals surface area contributed by atoms with E-state index in [4.69, 9.17) is 9.73 Å². The monoisotopic (exact) mass is 682 g/mol. The molecule has 0 bridgehead atoms. The van der Waals surface area contributed by atoms with Crippen LogP contribution in [0.4, 0.5) is 0 Å². The summed E-state index contributed by atoms with van der Waals surface area (Å²) in [4.78, 5) is 20.0. The molecular formula is C34H24Br2N2O2S. The van der Waals surface area contributed by atoms with Crippen molar-refractivity contribution in [2.75, 3.05) is 0 Å². The Morgan fingerprint density at radius 3 is 2.46 bits per heavy atom. The second-order valence-electron chi connectivity index (χ2n) is 10.1. The molecule has 2 heterocycles. The van der Waals surface area contributed by atoms with Crippen molar-refractivity contribution in [3.8, 4) is 5.75 Å². The number of ether oxygens (including phenoxy) is 1. The number of rotatable bonds is 5. The Labute approximate surface area is 258 Å². The van der Waals surface area contributed by atoms with Crippen LogP contribution in [0.3, 0.4) is 0 Å². The number of hydrogen-bond donors (Lipinski definition) is 0. The van der Waals surface area contributed by atoms with Crippen LogP contribution in [0, 0.1) is 0 Å². The number of hydrogen-bond acceptors (Lipinski definition) is 4. The van der Waals surface area contributed by atoms with Crippen LogP contribution in [-0.2, 0) is 13.0 Å². The quantitative estimate of drug-likeness (QED) is 0.194. The molecule has 4 aromatic carbocycles. The van der Waals surface area contributed by atoms with E-state index in [1.165, 1.54) is 28.0 Å². The van der Waals surface area contributed by atoms with Crippen LogP contribution in [0.5, 0.6) is 5.75 Å². The molecule has 0 radical (unpaired) electrons. The average molecular weight is 684 g/mol. The van der Waals surface area contributed by atoms with Gasteiger partial charge in [-0.15, -0.1) is 0 Å². The Morgan fingerprint density at radius 2 is 1.66 bits per heavy atom. The molecule has 202 valence electrons. The van der Waals surface area contributed by atoms with Gasteiger partial charge in [-0.2, -0.15) is 0 Å². The fourth-order valence-corrected chi connectivity index (χ4v) is 8.03. The van der Waals surface area contributed by atoms with Gasteiger partial charge in [-0.1, -0.05) is 112 Å². The highest BCUT2D eigenvalue weighted by molar-refractivity contribution is 9.11.